The van der Waals surface area contributed by atoms with E-state index in [-0.39, 0.29) is 34.3 Å². The first-order chi connectivity index (χ1) is 15.4. The lowest BCUT2D eigenvalue weighted by Gasteiger charge is -2.29. The molecule has 2 aliphatic rings. The number of nitrogens with zero attached hydrogens (tertiary/aromatic N) is 1. The van der Waals surface area contributed by atoms with Gasteiger partial charge in [-0.05, 0) is 43.2 Å². The minimum Gasteiger partial charge on any atom is -0.495 e. The normalized spacial score (nSPS) is 18.4. The Bertz CT molecular complexity index is 1080. The summed E-state index contributed by atoms with van der Waals surface area (Å²) < 4.78 is 45.6. The van der Waals surface area contributed by atoms with Crippen LogP contribution in [-0.4, -0.2) is 58.7 Å². The number of fused-ring (bicyclic) bond motifs is 1. The number of amides is 1. The van der Waals surface area contributed by atoms with Gasteiger partial charge < -0.3 is 19.1 Å². The van der Waals surface area contributed by atoms with Crippen LogP contribution in [0, 0.1) is 0 Å². The van der Waals surface area contributed by atoms with E-state index in [9.17, 15) is 13.2 Å². The molecular formula is C23H28N2O6S. The summed E-state index contributed by atoms with van der Waals surface area (Å²) in [4.78, 5) is 14.5. The molecule has 4 rings (SSSR count). The van der Waals surface area contributed by atoms with Crippen LogP contribution in [0.15, 0.2) is 47.4 Å². The molecule has 0 radical (unpaired) electrons. The van der Waals surface area contributed by atoms with E-state index in [0.29, 0.717) is 24.7 Å². The Hall–Kier alpha value is -2.78. The predicted molar refractivity (Wildman–Crippen MR) is 119 cm³/mol. The molecule has 0 saturated heterocycles. The average molecular weight is 461 g/mol. The predicted octanol–water partition coefficient (Wildman–Crippen LogP) is 2.83. The van der Waals surface area contributed by atoms with Crippen LogP contribution < -0.4 is 18.9 Å². The summed E-state index contributed by atoms with van der Waals surface area (Å²) >= 11 is 0. The van der Waals surface area contributed by atoms with Crippen molar-refractivity contribution in [1.82, 2.24) is 9.62 Å². The Balaban J connectivity index is 1.49. The van der Waals surface area contributed by atoms with E-state index in [4.69, 9.17) is 14.2 Å². The van der Waals surface area contributed by atoms with Crippen LogP contribution in [0.1, 0.15) is 36.0 Å². The molecule has 172 valence electrons. The highest BCUT2D eigenvalue weighted by Crippen LogP contribution is 2.31. The van der Waals surface area contributed by atoms with Crippen molar-refractivity contribution < 1.29 is 27.4 Å². The minimum absolute atomic E-state index is 0.0303. The smallest absolute Gasteiger partial charge is 0.253 e. The summed E-state index contributed by atoms with van der Waals surface area (Å²) in [5.41, 5.74) is 0.261. The molecule has 0 bridgehead atoms. The maximum Gasteiger partial charge on any atom is 0.253 e. The quantitative estimate of drug-likeness (QED) is 0.683. The monoisotopic (exact) mass is 460 g/mol. The number of hydrogen-bond acceptors (Lipinski definition) is 6. The third kappa shape index (κ3) is 4.83. The molecule has 0 spiro atoms. The van der Waals surface area contributed by atoms with Crippen molar-refractivity contribution in [2.75, 3.05) is 27.3 Å². The Labute approximate surface area is 188 Å². The summed E-state index contributed by atoms with van der Waals surface area (Å²) in [6.07, 6.45) is 3.31. The van der Waals surface area contributed by atoms with Crippen molar-refractivity contribution in [2.45, 2.75) is 42.7 Å². The largest absolute Gasteiger partial charge is 0.495 e. The molecule has 1 unspecified atom stereocenters. The molecule has 1 saturated carbocycles. The molecule has 2 aromatic rings. The van der Waals surface area contributed by atoms with Gasteiger partial charge in [-0.1, -0.05) is 25.0 Å². The van der Waals surface area contributed by atoms with Gasteiger partial charge in [0.2, 0.25) is 10.0 Å². The van der Waals surface area contributed by atoms with E-state index in [1.54, 1.807) is 13.1 Å². The fourth-order valence-corrected chi connectivity index (χ4v) is 5.61. The number of hydrogen-bond donors (Lipinski definition) is 1. The molecule has 8 nitrogen and oxygen atoms in total. The molecule has 1 aliphatic heterocycles. The molecule has 1 N–H and O–H groups in total. The zero-order chi connectivity index (χ0) is 22.7. The zero-order valence-corrected chi connectivity index (χ0v) is 19.1. The van der Waals surface area contributed by atoms with Gasteiger partial charge in [0, 0.05) is 18.7 Å². The molecule has 1 amide bonds. The van der Waals surface area contributed by atoms with Crippen molar-refractivity contribution in [3.05, 3.63) is 48.0 Å². The molecule has 1 atom stereocenters. The summed E-state index contributed by atoms with van der Waals surface area (Å²) in [7, 11) is -0.753. The van der Waals surface area contributed by atoms with E-state index in [2.05, 4.69) is 4.72 Å². The second-order valence-corrected chi connectivity index (χ2v) is 9.83. The van der Waals surface area contributed by atoms with Crippen LogP contribution in [-0.2, 0) is 10.0 Å². The number of ether oxygens (including phenoxy) is 3. The van der Waals surface area contributed by atoms with Gasteiger partial charge in [-0.15, -0.1) is 0 Å². The molecule has 9 heteroatoms. The number of carbonyl (C=O) groups is 1. The number of para-hydroxylation sites is 2. The highest BCUT2D eigenvalue weighted by atomic mass is 32.2. The first kappa shape index (κ1) is 22.4. The first-order valence-electron chi connectivity index (χ1n) is 10.7. The van der Waals surface area contributed by atoms with Gasteiger partial charge in [0.1, 0.15) is 17.3 Å². The van der Waals surface area contributed by atoms with Gasteiger partial charge in [0.15, 0.2) is 17.6 Å². The van der Waals surface area contributed by atoms with Crippen LogP contribution in [0.3, 0.4) is 0 Å². The highest BCUT2D eigenvalue weighted by molar-refractivity contribution is 7.89. The van der Waals surface area contributed by atoms with Crippen molar-refractivity contribution in [3.63, 3.8) is 0 Å². The number of sulfonamides is 1. The fraction of sp³-hybridized carbons (Fsp3) is 0.435. The molecule has 1 fully saturated rings. The standard InChI is InChI=1S/C23H28N2O6S/c1-25(14-18-15-30-19-9-5-6-10-20(19)31-18)23(26)16-11-12-21(29-2)22(13-16)32(27,28)24-17-7-3-4-8-17/h5-6,9-13,17-18,24H,3-4,7-8,14-15H2,1-2H3. The molecule has 32 heavy (non-hydrogen) atoms. The van der Waals surface area contributed by atoms with Crippen LogP contribution >= 0.6 is 0 Å². The summed E-state index contributed by atoms with van der Waals surface area (Å²) in [6, 6.07) is 11.8. The Morgan fingerprint density at radius 3 is 2.59 bits per heavy atom. The van der Waals surface area contributed by atoms with Crippen molar-refractivity contribution in [2.24, 2.45) is 0 Å². The number of likely N-dealkylation sites (N-methyl/N-ethyl adjacent to an activating group) is 1. The zero-order valence-electron chi connectivity index (χ0n) is 18.2. The van der Waals surface area contributed by atoms with E-state index in [0.717, 1.165) is 25.7 Å². The SMILES string of the molecule is COc1ccc(C(=O)N(C)CC2COc3ccccc3O2)cc1S(=O)(=O)NC1CCCC1. The molecule has 1 heterocycles. The van der Waals surface area contributed by atoms with Crippen LogP contribution in [0.4, 0.5) is 0 Å². The number of carbonyl (C=O) groups excluding carboxylic acids is 1. The number of rotatable bonds is 7. The number of methoxy groups -OCH3 is 1. The lowest BCUT2D eigenvalue weighted by molar-refractivity contribution is 0.0521. The third-order valence-corrected chi connectivity index (χ3v) is 7.31. The van der Waals surface area contributed by atoms with Gasteiger partial charge in [0.05, 0.1) is 13.7 Å². The van der Waals surface area contributed by atoms with E-state index in [1.165, 1.54) is 24.1 Å². The van der Waals surface area contributed by atoms with Gasteiger partial charge in [0.25, 0.3) is 5.91 Å². The lowest BCUT2D eigenvalue weighted by atomic mass is 10.2. The average Bonchev–Trinajstić information content (AvgIpc) is 3.30. The number of nitrogens with one attached hydrogen (secondary N) is 1. The van der Waals surface area contributed by atoms with Crippen molar-refractivity contribution >= 4 is 15.9 Å². The fourth-order valence-electron chi connectivity index (χ4n) is 4.11. The van der Waals surface area contributed by atoms with E-state index in [1.807, 2.05) is 24.3 Å². The molecule has 0 aromatic heterocycles. The highest BCUT2D eigenvalue weighted by Gasteiger charge is 2.28. The molecule has 1 aliphatic carbocycles. The van der Waals surface area contributed by atoms with Crippen LogP contribution in [0.25, 0.3) is 0 Å². The van der Waals surface area contributed by atoms with Crippen LogP contribution in [0.5, 0.6) is 17.2 Å². The van der Waals surface area contributed by atoms with E-state index < -0.39 is 10.0 Å². The van der Waals surface area contributed by atoms with Gasteiger partial charge in [-0.25, -0.2) is 13.1 Å². The van der Waals surface area contributed by atoms with E-state index >= 15 is 0 Å². The van der Waals surface area contributed by atoms with Crippen LogP contribution in [0.2, 0.25) is 0 Å². The van der Waals surface area contributed by atoms with Crippen molar-refractivity contribution in [3.8, 4) is 17.2 Å². The van der Waals surface area contributed by atoms with Gasteiger partial charge in [-0.2, -0.15) is 0 Å². The van der Waals surface area contributed by atoms with Gasteiger partial charge in [-0.3, -0.25) is 4.79 Å². The minimum atomic E-state index is -3.82. The first-order valence-corrected chi connectivity index (χ1v) is 12.2. The van der Waals surface area contributed by atoms with Gasteiger partial charge >= 0.3 is 0 Å². The second-order valence-electron chi connectivity index (χ2n) is 8.15. The maximum absolute atomic E-state index is 13.1. The summed E-state index contributed by atoms with van der Waals surface area (Å²) in [6.45, 7) is 0.615. The Morgan fingerprint density at radius 1 is 1.16 bits per heavy atom. The lowest BCUT2D eigenvalue weighted by Crippen LogP contribution is -2.41. The Morgan fingerprint density at radius 2 is 1.88 bits per heavy atom. The van der Waals surface area contributed by atoms with Crippen molar-refractivity contribution in [1.29, 1.82) is 0 Å². The topological polar surface area (TPSA) is 94.2 Å². The summed E-state index contributed by atoms with van der Waals surface area (Å²) in [5, 5.41) is 0. The second kappa shape index (κ2) is 9.38. The third-order valence-electron chi connectivity index (χ3n) is 5.77. The summed E-state index contributed by atoms with van der Waals surface area (Å²) in [5.74, 6) is 1.21. The molecule has 2 aromatic carbocycles. The maximum atomic E-state index is 13.1. The Kier molecular flexibility index (Phi) is 6.57. The number of benzene rings is 2. The molecular weight excluding hydrogens is 432 g/mol.